The summed E-state index contributed by atoms with van der Waals surface area (Å²) in [6.45, 7) is 3.88. The molecule has 0 saturated carbocycles. The number of nitriles is 1. The molecule has 6 nitrogen and oxygen atoms in total. The van der Waals surface area contributed by atoms with Gasteiger partial charge in [0.25, 0.3) is 5.91 Å². The summed E-state index contributed by atoms with van der Waals surface area (Å²) in [6, 6.07) is 2.10. The fourth-order valence-corrected chi connectivity index (χ4v) is 3.38. The van der Waals surface area contributed by atoms with Gasteiger partial charge in [-0.05, 0) is 38.3 Å². The number of rotatable bonds is 3. The molecule has 0 bridgehead atoms. The molecule has 6 heteroatoms. The molecular formula is C18H19N3O3. The van der Waals surface area contributed by atoms with Gasteiger partial charge in [0.05, 0.1) is 24.1 Å². The van der Waals surface area contributed by atoms with E-state index in [-0.39, 0.29) is 5.70 Å². The minimum absolute atomic E-state index is 0.104. The van der Waals surface area contributed by atoms with Crippen molar-refractivity contribution in [2.45, 2.75) is 26.2 Å². The summed E-state index contributed by atoms with van der Waals surface area (Å²) in [7, 11) is 0. The molecule has 0 N–H and O–H groups in total. The standard InChI is InChI=1S/C18H19N3O3/c1-2-24-17-15-8-6-7-13(12-22)21(15)18(23)14(11-19)16(17)20-9-4-3-5-10-20/h6-8,14H,2-5,9-10H2,1H3. The lowest BCUT2D eigenvalue weighted by atomic mass is 9.93. The highest BCUT2D eigenvalue weighted by Crippen LogP contribution is 2.39. The van der Waals surface area contributed by atoms with Gasteiger partial charge in [-0.15, -0.1) is 0 Å². The van der Waals surface area contributed by atoms with E-state index < -0.39 is 11.8 Å². The third kappa shape index (κ3) is 2.53. The van der Waals surface area contributed by atoms with Gasteiger partial charge in [-0.25, -0.2) is 4.79 Å². The van der Waals surface area contributed by atoms with Crippen molar-refractivity contribution in [1.29, 1.82) is 5.26 Å². The van der Waals surface area contributed by atoms with Crippen molar-refractivity contribution in [3.8, 4) is 6.07 Å². The fourth-order valence-electron chi connectivity index (χ4n) is 3.38. The number of likely N-dealkylation sites (tertiary alicyclic amines) is 1. The highest BCUT2D eigenvalue weighted by Gasteiger charge is 2.44. The average Bonchev–Trinajstić information content (AvgIpc) is 2.63. The van der Waals surface area contributed by atoms with Crippen molar-refractivity contribution in [1.82, 2.24) is 9.80 Å². The lowest BCUT2D eigenvalue weighted by molar-refractivity contribution is -0.130. The number of fused-ring (bicyclic) bond motifs is 1. The normalized spacial score (nSPS) is 23.5. The van der Waals surface area contributed by atoms with Crippen molar-refractivity contribution in [2.75, 3.05) is 19.7 Å². The molecule has 1 atom stereocenters. The maximum atomic E-state index is 12.9. The van der Waals surface area contributed by atoms with Crippen LogP contribution in [0.25, 0.3) is 0 Å². The van der Waals surface area contributed by atoms with E-state index in [0.717, 1.165) is 32.4 Å². The van der Waals surface area contributed by atoms with E-state index in [1.807, 2.05) is 6.92 Å². The molecule has 3 heterocycles. The maximum Gasteiger partial charge on any atom is 0.255 e. The molecular weight excluding hydrogens is 306 g/mol. The Morgan fingerprint density at radius 2 is 2.08 bits per heavy atom. The molecule has 0 radical (unpaired) electrons. The first-order valence-electron chi connectivity index (χ1n) is 8.22. The van der Waals surface area contributed by atoms with Crippen molar-refractivity contribution in [3.05, 3.63) is 41.1 Å². The van der Waals surface area contributed by atoms with Crippen LogP contribution in [0.2, 0.25) is 0 Å². The summed E-state index contributed by atoms with van der Waals surface area (Å²) >= 11 is 0. The van der Waals surface area contributed by atoms with Crippen LogP contribution in [0.5, 0.6) is 0 Å². The van der Waals surface area contributed by atoms with Crippen LogP contribution in [-0.2, 0) is 14.3 Å². The smallest absolute Gasteiger partial charge is 0.255 e. The second-order valence-corrected chi connectivity index (χ2v) is 5.83. The Morgan fingerprint density at radius 1 is 1.33 bits per heavy atom. The summed E-state index contributed by atoms with van der Waals surface area (Å²) in [5.74, 6) is 0.898. The van der Waals surface area contributed by atoms with Gasteiger partial charge in [-0.1, -0.05) is 6.08 Å². The Balaban J connectivity index is 2.18. The van der Waals surface area contributed by atoms with Crippen LogP contribution in [0.4, 0.5) is 0 Å². The number of hydrogen-bond donors (Lipinski definition) is 0. The van der Waals surface area contributed by atoms with E-state index in [0.29, 0.717) is 23.8 Å². The highest BCUT2D eigenvalue weighted by atomic mass is 16.5. The molecule has 1 amide bonds. The van der Waals surface area contributed by atoms with E-state index in [1.165, 1.54) is 11.0 Å². The first-order chi connectivity index (χ1) is 11.7. The Kier molecular flexibility index (Phi) is 4.54. The molecule has 0 aromatic heterocycles. The van der Waals surface area contributed by atoms with Crippen LogP contribution < -0.4 is 0 Å². The second-order valence-electron chi connectivity index (χ2n) is 5.83. The van der Waals surface area contributed by atoms with Gasteiger partial charge in [0, 0.05) is 13.1 Å². The lowest BCUT2D eigenvalue weighted by Gasteiger charge is -2.41. The minimum atomic E-state index is -0.975. The van der Waals surface area contributed by atoms with Crippen molar-refractivity contribution in [2.24, 2.45) is 5.92 Å². The van der Waals surface area contributed by atoms with Gasteiger partial charge in [-0.2, -0.15) is 5.26 Å². The van der Waals surface area contributed by atoms with Gasteiger partial charge >= 0.3 is 0 Å². The molecule has 1 unspecified atom stereocenters. The summed E-state index contributed by atoms with van der Waals surface area (Å²) < 4.78 is 5.84. The van der Waals surface area contributed by atoms with Gasteiger partial charge in [0.2, 0.25) is 0 Å². The Morgan fingerprint density at radius 3 is 2.71 bits per heavy atom. The molecule has 124 valence electrons. The average molecular weight is 325 g/mol. The second kappa shape index (κ2) is 6.77. The molecule has 3 rings (SSSR count). The zero-order valence-corrected chi connectivity index (χ0v) is 13.6. The van der Waals surface area contributed by atoms with Crippen molar-refractivity contribution < 1.29 is 14.3 Å². The zero-order chi connectivity index (χ0) is 17.1. The molecule has 0 spiro atoms. The molecule has 3 aliphatic heterocycles. The fraction of sp³-hybridized carbons (Fsp3) is 0.444. The van der Waals surface area contributed by atoms with Crippen LogP contribution in [0.1, 0.15) is 26.2 Å². The van der Waals surface area contributed by atoms with Crippen LogP contribution in [-0.4, -0.2) is 41.3 Å². The number of carbonyl (C=O) groups is 1. The van der Waals surface area contributed by atoms with Crippen molar-refractivity contribution in [3.63, 3.8) is 0 Å². The quantitative estimate of drug-likeness (QED) is 0.741. The number of amides is 1. The monoisotopic (exact) mass is 325 g/mol. The molecule has 1 fully saturated rings. The largest absolute Gasteiger partial charge is 0.490 e. The molecule has 1 saturated heterocycles. The first-order valence-corrected chi connectivity index (χ1v) is 8.22. The topological polar surface area (TPSA) is 73.6 Å². The predicted octanol–water partition coefficient (Wildman–Crippen LogP) is 1.87. The number of nitrogens with zero attached hydrogens (tertiary/aromatic N) is 3. The van der Waals surface area contributed by atoms with Gasteiger partial charge in [0.15, 0.2) is 17.6 Å². The Hall–Kier alpha value is -2.77. The minimum Gasteiger partial charge on any atom is -0.490 e. The van der Waals surface area contributed by atoms with E-state index in [9.17, 15) is 14.9 Å². The molecule has 3 aliphatic rings. The van der Waals surface area contributed by atoms with E-state index >= 15 is 0 Å². The molecule has 24 heavy (non-hydrogen) atoms. The van der Waals surface area contributed by atoms with E-state index in [2.05, 4.69) is 11.0 Å². The summed E-state index contributed by atoms with van der Waals surface area (Å²) in [5.41, 5.74) is 1.24. The number of ether oxygens (including phenoxy) is 1. The van der Waals surface area contributed by atoms with E-state index in [1.54, 1.807) is 18.1 Å². The summed E-state index contributed by atoms with van der Waals surface area (Å²) in [4.78, 5) is 27.4. The summed E-state index contributed by atoms with van der Waals surface area (Å²) in [6.07, 6.45) is 8.14. The zero-order valence-electron chi connectivity index (χ0n) is 13.6. The third-order valence-corrected chi connectivity index (χ3v) is 4.42. The van der Waals surface area contributed by atoms with Gasteiger partial charge in [0.1, 0.15) is 5.70 Å². The molecule has 0 aromatic rings. The lowest BCUT2D eigenvalue weighted by Crippen LogP contribution is -2.46. The highest BCUT2D eigenvalue weighted by molar-refractivity contribution is 5.92. The third-order valence-electron chi connectivity index (χ3n) is 4.42. The van der Waals surface area contributed by atoms with Crippen LogP contribution in [0.3, 0.4) is 0 Å². The van der Waals surface area contributed by atoms with Crippen LogP contribution in [0, 0.1) is 17.2 Å². The Bertz CT molecular complexity index is 729. The number of allylic oxidation sites excluding steroid dienone is 3. The SMILES string of the molecule is CCOC1=C(N2CCCCC2)C(C#N)C(=O)N2C(=C=O)C=CC=C12. The van der Waals surface area contributed by atoms with Crippen molar-refractivity contribution >= 4 is 11.8 Å². The van der Waals surface area contributed by atoms with Gasteiger partial charge < -0.3 is 9.64 Å². The molecule has 0 aliphatic carbocycles. The number of piperidine rings is 1. The summed E-state index contributed by atoms with van der Waals surface area (Å²) in [5, 5.41) is 9.64. The maximum absolute atomic E-state index is 12.9. The van der Waals surface area contributed by atoms with Crippen LogP contribution in [0.15, 0.2) is 41.1 Å². The number of carbonyl (C=O) groups excluding carboxylic acids is 2. The van der Waals surface area contributed by atoms with Gasteiger partial charge in [-0.3, -0.25) is 9.69 Å². The molecule has 0 aromatic carbocycles. The van der Waals surface area contributed by atoms with Crippen LogP contribution >= 0.6 is 0 Å². The number of hydrogen-bond acceptors (Lipinski definition) is 5. The van der Waals surface area contributed by atoms with E-state index in [4.69, 9.17) is 4.74 Å². The predicted molar refractivity (Wildman–Crippen MR) is 86.5 cm³/mol. The first kappa shape index (κ1) is 16.1. The Labute approximate surface area is 141 Å².